The molecule has 0 aliphatic heterocycles. The van der Waals surface area contributed by atoms with Gasteiger partial charge in [-0.25, -0.2) is 9.00 Å². The molecule has 0 amide bonds. The Hall–Kier alpha value is -2.00. The standard InChI is InChI=1S/C14H14BN3O3S2/c1-3-21-14(19)10-11(15)7(2)22-13(10)18-23(20)9-6-4-5-8(16)12(9)17/h4-6,16-18H,3H2,1-2H3. The van der Waals surface area contributed by atoms with E-state index >= 15 is 0 Å². The Balaban J connectivity index is 2.32. The molecular weight excluding hydrogens is 333 g/mol. The molecule has 0 spiro atoms. The van der Waals surface area contributed by atoms with Crippen molar-refractivity contribution in [3.8, 4) is 0 Å². The van der Waals surface area contributed by atoms with Crippen LogP contribution in [0.4, 0.5) is 5.00 Å². The van der Waals surface area contributed by atoms with Gasteiger partial charge in [0.2, 0.25) is 0 Å². The molecule has 1 atom stereocenters. The minimum Gasteiger partial charge on any atom is -0.462 e. The molecule has 0 aromatic carbocycles. The number of thiophene rings is 1. The van der Waals surface area contributed by atoms with E-state index in [1.54, 1.807) is 19.9 Å². The van der Waals surface area contributed by atoms with Crippen molar-refractivity contribution >= 4 is 58.0 Å². The molecule has 23 heavy (non-hydrogen) atoms. The van der Waals surface area contributed by atoms with Crippen LogP contribution in [0.25, 0.3) is 0 Å². The van der Waals surface area contributed by atoms with Crippen LogP contribution in [-0.2, 0) is 15.7 Å². The molecule has 0 saturated heterocycles. The Bertz CT molecular complexity index is 780. The molecule has 1 aromatic heterocycles. The van der Waals surface area contributed by atoms with E-state index in [-0.39, 0.29) is 34.0 Å². The van der Waals surface area contributed by atoms with Gasteiger partial charge in [-0.1, -0.05) is 11.5 Å². The highest BCUT2D eigenvalue weighted by atomic mass is 32.2. The fourth-order valence-corrected chi connectivity index (χ4v) is 3.95. The first-order valence-electron chi connectivity index (χ1n) is 6.67. The maximum atomic E-state index is 12.5. The molecule has 2 rings (SSSR count). The highest BCUT2D eigenvalue weighted by Crippen LogP contribution is 2.27. The van der Waals surface area contributed by atoms with Crippen molar-refractivity contribution in [1.29, 1.82) is 10.8 Å². The predicted molar refractivity (Wildman–Crippen MR) is 94.8 cm³/mol. The van der Waals surface area contributed by atoms with E-state index in [9.17, 15) is 9.00 Å². The SMILES string of the molecule is [B]c1c(C)sc(NS(=O)C2=CC=CC(=N)C2=N)c1C(=O)OCC. The zero-order chi connectivity index (χ0) is 17.1. The van der Waals surface area contributed by atoms with Gasteiger partial charge in [-0.2, -0.15) is 0 Å². The fraction of sp³-hybridized carbons (Fsp3) is 0.214. The third kappa shape index (κ3) is 3.51. The summed E-state index contributed by atoms with van der Waals surface area (Å²) in [6, 6.07) is 0. The van der Waals surface area contributed by atoms with Crippen LogP contribution in [0.1, 0.15) is 22.2 Å². The second-order valence-corrected chi connectivity index (χ2v) is 6.95. The van der Waals surface area contributed by atoms with Gasteiger partial charge >= 0.3 is 5.97 Å². The van der Waals surface area contributed by atoms with Gasteiger partial charge in [0, 0.05) is 0 Å². The Morgan fingerprint density at radius 1 is 1.48 bits per heavy atom. The quantitative estimate of drug-likeness (QED) is 0.428. The van der Waals surface area contributed by atoms with Gasteiger partial charge < -0.3 is 4.74 Å². The number of rotatable bonds is 5. The smallest absolute Gasteiger partial charge is 0.340 e. The minimum absolute atomic E-state index is 0.0230. The van der Waals surface area contributed by atoms with E-state index in [4.69, 9.17) is 23.4 Å². The number of carbonyl (C=O) groups is 1. The second-order valence-electron chi connectivity index (χ2n) is 4.55. The van der Waals surface area contributed by atoms with E-state index in [1.807, 2.05) is 0 Å². The van der Waals surface area contributed by atoms with Crippen LogP contribution >= 0.6 is 11.3 Å². The first-order valence-corrected chi connectivity index (χ1v) is 8.64. The van der Waals surface area contributed by atoms with Crippen LogP contribution in [0.3, 0.4) is 0 Å². The lowest BCUT2D eigenvalue weighted by atomic mass is 9.92. The van der Waals surface area contributed by atoms with Crippen molar-refractivity contribution in [3.05, 3.63) is 33.6 Å². The summed E-state index contributed by atoms with van der Waals surface area (Å²) in [5.74, 6) is -0.589. The average Bonchev–Trinajstić information content (AvgIpc) is 2.76. The van der Waals surface area contributed by atoms with E-state index in [1.165, 1.54) is 23.5 Å². The van der Waals surface area contributed by atoms with Crippen LogP contribution in [0.5, 0.6) is 0 Å². The number of anilines is 1. The second kappa shape index (κ2) is 7.05. The zero-order valence-electron chi connectivity index (χ0n) is 12.6. The maximum absolute atomic E-state index is 12.5. The summed E-state index contributed by atoms with van der Waals surface area (Å²) in [5.41, 5.74) is 0.284. The van der Waals surface area contributed by atoms with E-state index in [0.717, 1.165) is 0 Å². The third-order valence-electron chi connectivity index (χ3n) is 3.02. The van der Waals surface area contributed by atoms with Crippen LogP contribution in [-0.4, -0.2) is 36.1 Å². The molecule has 3 N–H and O–H groups in total. The molecule has 1 aliphatic rings. The molecule has 118 valence electrons. The average molecular weight is 347 g/mol. The molecule has 1 heterocycles. The highest BCUT2D eigenvalue weighted by Gasteiger charge is 2.24. The molecule has 0 bridgehead atoms. The summed E-state index contributed by atoms with van der Waals surface area (Å²) in [7, 11) is 4.11. The maximum Gasteiger partial charge on any atom is 0.340 e. The number of allylic oxidation sites excluding steroid dienone is 4. The van der Waals surface area contributed by atoms with Crippen molar-refractivity contribution < 1.29 is 13.7 Å². The topological polar surface area (TPSA) is 103 Å². The van der Waals surface area contributed by atoms with Gasteiger partial charge in [0.25, 0.3) is 0 Å². The normalized spacial score (nSPS) is 15.3. The van der Waals surface area contributed by atoms with Crippen LogP contribution < -0.4 is 10.2 Å². The number of esters is 1. The van der Waals surface area contributed by atoms with Crippen LogP contribution in [0.2, 0.25) is 0 Å². The molecule has 1 aromatic rings. The third-order valence-corrected chi connectivity index (χ3v) is 5.32. The summed E-state index contributed by atoms with van der Waals surface area (Å²) >= 11 is 1.19. The first kappa shape index (κ1) is 17.4. The van der Waals surface area contributed by atoms with Gasteiger partial charge in [0.1, 0.15) is 12.8 Å². The van der Waals surface area contributed by atoms with E-state index in [2.05, 4.69) is 4.72 Å². The van der Waals surface area contributed by atoms with Gasteiger partial charge in [-0.15, -0.1) is 11.3 Å². The summed E-state index contributed by atoms with van der Waals surface area (Å²) in [5, 5.41) is 15.7. The fourth-order valence-electron chi connectivity index (χ4n) is 1.86. The number of aryl methyl sites for hydroxylation is 1. The number of ether oxygens (including phenoxy) is 1. The van der Waals surface area contributed by atoms with Gasteiger partial charge in [0.15, 0.2) is 11.0 Å². The monoisotopic (exact) mass is 347 g/mol. The number of hydrogen-bond donors (Lipinski definition) is 3. The number of carbonyl (C=O) groups excluding carboxylic acids is 1. The van der Waals surface area contributed by atoms with E-state index in [0.29, 0.717) is 9.88 Å². The first-order chi connectivity index (χ1) is 10.9. The molecule has 0 fully saturated rings. The lowest BCUT2D eigenvalue weighted by Crippen LogP contribution is -2.23. The molecule has 2 radical (unpaired) electrons. The van der Waals surface area contributed by atoms with Gasteiger partial charge in [0.05, 0.1) is 28.5 Å². The predicted octanol–water partition coefficient (Wildman–Crippen LogP) is 1.60. The van der Waals surface area contributed by atoms with Crippen molar-refractivity contribution in [2.45, 2.75) is 13.8 Å². The van der Waals surface area contributed by atoms with Crippen molar-refractivity contribution in [2.24, 2.45) is 0 Å². The van der Waals surface area contributed by atoms with Gasteiger partial charge in [-0.3, -0.25) is 15.5 Å². The molecule has 1 unspecified atom stereocenters. The van der Waals surface area contributed by atoms with Crippen LogP contribution in [0.15, 0.2) is 23.1 Å². The highest BCUT2D eigenvalue weighted by molar-refractivity contribution is 7.91. The Morgan fingerprint density at radius 2 is 2.17 bits per heavy atom. The molecule has 6 nitrogen and oxygen atoms in total. The Kier molecular flexibility index (Phi) is 5.32. The van der Waals surface area contributed by atoms with Crippen molar-refractivity contribution in [1.82, 2.24) is 0 Å². The molecule has 9 heteroatoms. The minimum atomic E-state index is -1.79. The molecular formula is C14H14BN3O3S2. The Labute approximate surface area is 141 Å². The van der Waals surface area contributed by atoms with Crippen molar-refractivity contribution in [3.63, 3.8) is 0 Å². The van der Waals surface area contributed by atoms with Gasteiger partial charge in [-0.05, 0) is 30.9 Å². The van der Waals surface area contributed by atoms with Crippen LogP contribution in [0, 0.1) is 17.7 Å². The summed E-state index contributed by atoms with van der Waals surface area (Å²) < 4.78 is 20.1. The molecule has 0 saturated carbocycles. The van der Waals surface area contributed by atoms with E-state index < -0.39 is 17.0 Å². The summed E-state index contributed by atoms with van der Waals surface area (Å²) in [6.07, 6.45) is 4.49. The Morgan fingerprint density at radius 3 is 2.83 bits per heavy atom. The lowest BCUT2D eigenvalue weighted by Gasteiger charge is -2.12. The lowest BCUT2D eigenvalue weighted by molar-refractivity contribution is 0.0529. The summed E-state index contributed by atoms with van der Waals surface area (Å²) in [4.78, 5) is 12.9. The summed E-state index contributed by atoms with van der Waals surface area (Å²) in [6.45, 7) is 3.63. The van der Waals surface area contributed by atoms with Crippen molar-refractivity contribution in [2.75, 3.05) is 11.3 Å². The number of nitrogens with one attached hydrogen (secondary N) is 3. The largest absolute Gasteiger partial charge is 0.462 e. The number of hydrogen-bond acceptors (Lipinski definition) is 6. The zero-order valence-corrected chi connectivity index (χ0v) is 14.2. The molecule has 1 aliphatic carbocycles.